The predicted molar refractivity (Wildman–Crippen MR) is 66.9 cm³/mol. The standard InChI is InChI=1S/C11H22ClNS/c1-8(2)5-10-7-14-11(12)13(10)6-9(3)4/h8-11H,5-7H2,1-4H3/t10-,11?/m0/s1. The fourth-order valence-electron chi connectivity index (χ4n) is 1.95. The van der Waals surface area contributed by atoms with Crippen LogP contribution in [-0.4, -0.2) is 28.1 Å². The van der Waals surface area contributed by atoms with E-state index in [0.29, 0.717) is 12.0 Å². The molecule has 1 aliphatic rings. The lowest BCUT2D eigenvalue weighted by molar-refractivity contribution is 0.199. The quantitative estimate of drug-likeness (QED) is 0.541. The van der Waals surface area contributed by atoms with Crippen LogP contribution in [-0.2, 0) is 0 Å². The summed E-state index contributed by atoms with van der Waals surface area (Å²) in [5.74, 6) is 2.70. The first kappa shape index (κ1) is 12.7. The lowest BCUT2D eigenvalue weighted by Crippen LogP contribution is -2.37. The van der Waals surface area contributed by atoms with Crippen molar-refractivity contribution in [2.45, 2.75) is 45.0 Å². The lowest BCUT2D eigenvalue weighted by Gasteiger charge is -2.28. The number of hydrogen-bond acceptors (Lipinski definition) is 2. The second-order valence-electron chi connectivity index (χ2n) is 5.00. The van der Waals surface area contributed by atoms with Gasteiger partial charge in [-0.05, 0) is 18.3 Å². The van der Waals surface area contributed by atoms with E-state index >= 15 is 0 Å². The molecule has 0 radical (unpaired) electrons. The first-order valence-electron chi connectivity index (χ1n) is 5.52. The summed E-state index contributed by atoms with van der Waals surface area (Å²) in [4.78, 5) is 2.68. The third kappa shape index (κ3) is 3.63. The van der Waals surface area contributed by atoms with Crippen molar-refractivity contribution in [1.82, 2.24) is 4.90 Å². The maximum Gasteiger partial charge on any atom is 0.132 e. The van der Waals surface area contributed by atoms with Gasteiger partial charge in [-0.25, -0.2) is 0 Å². The molecule has 2 atom stereocenters. The van der Waals surface area contributed by atoms with Crippen LogP contribution in [0, 0.1) is 11.8 Å². The van der Waals surface area contributed by atoms with Crippen molar-refractivity contribution >= 4 is 23.4 Å². The first-order chi connectivity index (χ1) is 6.50. The molecule has 1 heterocycles. The van der Waals surface area contributed by atoms with E-state index in [1.165, 1.54) is 12.2 Å². The molecule has 3 heteroatoms. The lowest BCUT2D eigenvalue weighted by atomic mass is 10.0. The van der Waals surface area contributed by atoms with Crippen molar-refractivity contribution in [3.8, 4) is 0 Å². The van der Waals surface area contributed by atoms with Gasteiger partial charge in [0.1, 0.15) is 4.83 Å². The molecule has 1 rings (SSSR count). The molecule has 0 saturated carbocycles. The van der Waals surface area contributed by atoms with Crippen LogP contribution in [0.1, 0.15) is 34.1 Å². The summed E-state index contributed by atoms with van der Waals surface area (Å²) in [5, 5.41) is 0. The van der Waals surface area contributed by atoms with Gasteiger partial charge in [-0.3, -0.25) is 4.90 Å². The molecular formula is C11H22ClNS. The van der Waals surface area contributed by atoms with Gasteiger partial charge in [0.25, 0.3) is 0 Å². The van der Waals surface area contributed by atoms with Crippen molar-refractivity contribution in [2.24, 2.45) is 11.8 Å². The van der Waals surface area contributed by atoms with Gasteiger partial charge in [-0.1, -0.05) is 39.3 Å². The van der Waals surface area contributed by atoms with Crippen molar-refractivity contribution in [1.29, 1.82) is 0 Å². The second-order valence-corrected chi connectivity index (χ2v) is 6.78. The molecule has 0 aromatic carbocycles. The minimum atomic E-state index is 0.209. The van der Waals surface area contributed by atoms with Crippen LogP contribution in [0.3, 0.4) is 0 Å². The van der Waals surface area contributed by atoms with Gasteiger partial charge in [0.15, 0.2) is 0 Å². The smallest absolute Gasteiger partial charge is 0.132 e. The van der Waals surface area contributed by atoms with Gasteiger partial charge in [0, 0.05) is 18.3 Å². The van der Waals surface area contributed by atoms with Crippen LogP contribution >= 0.6 is 23.4 Å². The first-order valence-corrected chi connectivity index (χ1v) is 7.00. The fourth-order valence-corrected chi connectivity index (χ4v) is 3.56. The molecule has 1 unspecified atom stereocenters. The molecule has 0 aliphatic carbocycles. The van der Waals surface area contributed by atoms with Gasteiger partial charge in [-0.2, -0.15) is 0 Å². The van der Waals surface area contributed by atoms with Crippen molar-refractivity contribution in [2.75, 3.05) is 12.3 Å². The van der Waals surface area contributed by atoms with Crippen molar-refractivity contribution in [3.63, 3.8) is 0 Å². The number of nitrogens with zero attached hydrogens (tertiary/aromatic N) is 1. The number of hydrogen-bond donors (Lipinski definition) is 0. The molecule has 0 aromatic rings. The van der Waals surface area contributed by atoms with Crippen molar-refractivity contribution in [3.05, 3.63) is 0 Å². The van der Waals surface area contributed by atoms with E-state index in [4.69, 9.17) is 11.6 Å². The maximum absolute atomic E-state index is 6.29. The zero-order valence-electron chi connectivity index (χ0n) is 9.66. The zero-order valence-corrected chi connectivity index (χ0v) is 11.2. The Morgan fingerprint density at radius 2 is 1.93 bits per heavy atom. The third-order valence-corrected chi connectivity index (χ3v) is 4.23. The molecule has 0 N–H and O–H groups in total. The van der Waals surface area contributed by atoms with E-state index in [1.807, 2.05) is 11.8 Å². The average Bonchev–Trinajstić information content (AvgIpc) is 2.34. The van der Waals surface area contributed by atoms with E-state index in [9.17, 15) is 0 Å². The van der Waals surface area contributed by atoms with E-state index in [1.54, 1.807) is 0 Å². The van der Waals surface area contributed by atoms with Crippen LogP contribution in [0.4, 0.5) is 0 Å². The van der Waals surface area contributed by atoms with Crippen LogP contribution in [0.5, 0.6) is 0 Å². The monoisotopic (exact) mass is 235 g/mol. The highest BCUT2D eigenvalue weighted by Crippen LogP contribution is 2.34. The highest BCUT2D eigenvalue weighted by molar-refractivity contribution is 8.01. The zero-order chi connectivity index (χ0) is 10.7. The molecule has 1 fully saturated rings. The fraction of sp³-hybridized carbons (Fsp3) is 1.00. The third-order valence-electron chi connectivity index (χ3n) is 2.48. The Kier molecular flexibility index (Phi) is 5.09. The Balaban J connectivity index is 2.48. The van der Waals surface area contributed by atoms with Crippen LogP contribution in [0.25, 0.3) is 0 Å². The Morgan fingerprint density at radius 1 is 1.29 bits per heavy atom. The van der Waals surface area contributed by atoms with E-state index in [2.05, 4.69) is 32.6 Å². The van der Waals surface area contributed by atoms with E-state index in [-0.39, 0.29) is 4.83 Å². The summed E-state index contributed by atoms with van der Waals surface area (Å²) >= 11 is 8.18. The molecular weight excluding hydrogens is 214 g/mol. The summed E-state index contributed by atoms with van der Waals surface area (Å²) in [6, 6.07) is 0.699. The maximum atomic E-state index is 6.29. The molecule has 14 heavy (non-hydrogen) atoms. The Labute approximate surface area is 97.6 Å². The molecule has 1 saturated heterocycles. The number of thioether (sulfide) groups is 1. The summed E-state index contributed by atoms with van der Waals surface area (Å²) in [7, 11) is 0. The Bertz CT molecular complexity index is 173. The minimum absolute atomic E-state index is 0.209. The Morgan fingerprint density at radius 3 is 2.43 bits per heavy atom. The van der Waals surface area contributed by atoms with Crippen LogP contribution in [0.15, 0.2) is 0 Å². The molecule has 1 nitrogen and oxygen atoms in total. The van der Waals surface area contributed by atoms with Gasteiger partial charge >= 0.3 is 0 Å². The van der Waals surface area contributed by atoms with Gasteiger partial charge in [-0.15, -0.1) is 11.8 Å². The van der Waals surface area contributed by atoms with Crippen LogP contribution in [0.2, 0.25) is 0 Å². The van der Waals surface area contributed by atoms with E-state index in [0.717, 1.165) is 12.5 Å². The average molecular weight is 236 g/mol. The van der Waals surface area contributed by atoms with E-state index < -0.39 is 0 Å². The number of alkyl halides is 1. The van der Waals surface area contributed by atoms with Gasteiger partial charge in [0.05, 0.1) is 0 Å². The highest BCUT2D eigenvalue weighted by Gasteiger charge is 2.32. The molecule has 0 aromatic heterocycles. The summed E-state index contributed by atoms with van der Waals surface area (Å²) in [5.41, 5.74) is 0. The number of halogens is 1. The summed E-state index contributed by atoms with van der Waals surface area (Å²) < 4.78 is 0. The summed E-state index contributed by atoms with van der Waals surface area (Å²) in [6.45, 7) is 10.2. The molecule has 1 aliphatic heterocycles. The topological polar surface area (TPSA) is 3.24 Å². The summed E-state index contributed by atoms with van der Waals surface area (Å²) in [6.07, 6.45) is 1.28. The Hall–Kier alpha value is 0.600. The number of rotatable bonds is 4. The predicted octanol–water partition coefficient (Wildman–Crippen LogP) is 3.63. The minimum Gasteiger partial charge on any atom is -0.275 e. The molecule has 84 valence electrons. The normalized spacial score (nSPS) is 29.4. The molecule has 0 amide bonds. The highest BCUT2D eigenvalue weighted by atomic mass is 35.5. The van der Waals surface area contributed by atoms with Gasteiger partial charge in [0.2, 0.25) is 0 Å². The van der Waals surface area contributed by atoms with Crippen molar-refractivity contribution < 1.29 is 0 Å². The van der Waals surface area contributed by atoms with Crippen LogP contribution < -0.4 is 0 Å². The molecule has 0 bridgehead atoms. The van der Waals surface area contributed by atoms with Gasteiger partial charge < -0.3 is 0 Å². The SMILES string of the molecule is CC(C)C[C@H]1CSC(Cl)N1CC(C)C. The largest absolute Gasteiger partial charge is 0.275 e. The molecule has 0 spiro atoms. The second kappa shape index (κ2) is 5.62.